The quantitative estimate of drug-likeness (QED) is 0.674. The number of rotatable bonds is 5. The van der Waals surface area contributed by atoms with Crippen molar-refractivity contribution in [3.8, 4) is 0 Å². The molecule has 0 unspecified atom stereocenters. The maximum absolute atomic E-state index is 11.8. The van der Waals surface area contributed by atoms with E-state index < -0.39 is 11.6 Å². The predicted molar refractivity (Wildman–Crippen MR) is 84.9 cm³/mol. The molecule has 0 radical (unpaired) electrons. The summed E-state index contributed by atoms with van der Waals surface area (Å²) in [6, 6.07) is 14.1. The van der Waals surface area contributed by atoms with Crippen molar-refractivity contribution in [1.82, 2.24) is 0 Å². The molecule has 0 aromatic heterocycles. The van der Waals surface area contributed by atoms with Gasteiger partial charge in [0.25, 0.3) is 0 Å². The van der Waals surface area contributed by atoms with E-state index in [4.69, 9.17) is 9.84 Å². The molecule has 0 saturated heterocycles. The fraction of sp³-hybridized carbons (Fsp3) is 0.278. The van der Waals surface area contributed by atoms with Crippen molar-refractivity contribution >= 4 is 22.8 Å². The van der Waals surface area contributed by atoms with Crippen molar-refractivity contribution in [3.63, 3.8) is 0 Å². The molecule has 0 atom stereocenters. The molecule has 2 aromatic carbocycles. The third-order valence-electron chi connectivity index (χ3n) is 3.28. The van der Waals surface area contributed by atoms with E-state index in [1.165, 1.54) is 11.5 Å². The molecular formula is C18H20O3. The molecule has 3 heteroatoms. The van der Waals surface area contributed by atoms with E-state index in [2.05, 4.69) is 6.07 Å². The number of aliphatic hydroxyl groups is 1. The van der Waals surface area contributed by atoms with Crippen LogP contribution in [0.2, 0.25) is 0 Å². The second-order valence-corrected chi connectivity index (χ2v) is 5.59. The average Bonchev–Trinajstić information content (AvgIpc) is 2.44. The summed E-state index contributed by atoms with van der Waals surface area (Å²) >= 11 is 0. The lowest BCUT2D eigenvalue weighted by atomic mass is 10.1. The average molecular weight is 284 g/mol. The van der Waals surface area contributed by atoms with Gasteiger partial charge in [-0.25, -0.2) is 4.79 Å². The zero-order valence-corrected chi connectivity index (χ0v) is 12.4. The van der Waals surface area contributed by atoms with Crippen LogP contribution in [0.25, 0.3) is 16.8 Å². The van der Waals surface area contributed by atoms with Crippen LogP contribution >= 0.6 is 0 Å². The van der Waals surface area contributed by atoms with Crippen molar-refractivity contribution in [2.24, 2.45) is 0 Å². The van der Waals surface area contributed by atoms with Crippen molar-refractivity contribution < 1.29 is 14.6 Å². The Kier molecular flexibility index (Phi) is 4.76. The second-order valence-electron chi connectivity index (χ2n) is 5.59. The van der Waals surface area contributed by atoms with E-state index in [0.717, 1.165) is 10.9 Å². The van der Waals surface area contributed by atoms with E-state index >= 15 is 0 Å². The molecule has 0 heterocycles. The van der Waals surface area contributed by atoms with Gasteiger partial charge in [0.1, 0.15) is 5.60 Å². The summed E-state index contributed by atoms with van der Waals surface area (Å²) in [5, 5.41) is 11.2. The summed E-state index contributed by atoms with van der Waals surface area (Å²) in [7, 11) is 0. The van der Waals surface area contributed by atoms with Gasteiger partial charge in [-0.3, -0.25) is 0 Å². The van der Waals surface area contributed by atoms with Crippen LogP contribution in [-0.4, -0.2) is 23.3 Å². The van der Waals surface area contributed by atoms with Crippen LogP contribution in [0.1, 0.15) is 25.8 Å². The van der Waals surface area contributed by atoms with Gasteiger partial charge in [-0.15, -0.1) is 0 Å². The third-order valence-corrected chi connectivity index (χ3v) is 3.28. The summed E-state index contributed by atoms with van der Waals surface area (Å²) in [5.74, 6) is -0.401. The van der Waals surface area contributed by atoms with Crippen LogP contribution in [0.5, 0.6) is 0 Å². The van der Waals surface area contributed by atoms with Gasteiger partial charge in [0.2, 0.25) is 0 Å². The molecule has 0 spiro atoms. The first-order chi connectivity index (χ1) is 10.00. The Bertz CT molecular complexity index is 656. The van der Waals surface area contributed by atoms with Gasteiger partial charge in [-0.1, -0.05) is 36.4 Å². The van der Waals surface area contributed by atoms with Crippen LogP contribution in [0.3, 0.4) is 0 Å². The fourth-order valence-electron chi connectivity index (χ4n) is 2.10. The first-order valence-corrected chi connectivity index (χ1v) is 7.01. The van der Waals surface area contributed by atoms with Crippen molar-refractivity contribution in [2.45, 2.75) is 25.9 Å². The number of hydrogen-bond acceptors (Lipinski definition) is 3. The highest BCUT2D eigenvalue weighted by molar-refractivity contribution is 5.89. The minimum atomic E-state index is -0.653. The summed E-state index contributed by atoms with van der Waals surface area (Å²) in [6.45, 7) is 3.56. The third kappa shape index (κ3) is 4.43. The Labute approximate surface area is 124 Å². The van der Waals surface area contributed by atoms with E-state index in [1.807, 2.05) is 36.4 Å². The van der Waals surface area contributed by atoms with Crippen molar-refractivity contribution in [1.29, 1.82) is 0 Å². The molecule has 2 rings (SSSR count). The molecule has 2 aromatic rings. The maximum Gasteiger partial charge on any atom is 0.331 e. The topological polar surface area (TPSA) is 46.5 Å². The normalized spacial score (nSPS) is 12.0. The summed E-state index contributed by atoms with van der Waals surface area (Å²) in [6.07, 6.45) is 3.58. The maximum atomic E-state index is 11.8. The van der Waals surface area contributed by atoms with E-state index in [0.29, 0.717) is 6.42 Å². The molecule has 110 valence electrons. The number of aliphatic hydroxyl groups excluding tert-OH is 1. The number of ether oxygens (including phenoxy) is 1. The molecule has 21 heavy (non-hydrogen) atoms. The second kappa shape index (κ2) is 6.55. The highest BCUT2D eigenvalue weighted by atomic mass is 16.6. The van der Waals surface area contributed by atoms with E-state index in [-0.39, 0.29) is 6.61 Å². The van der Waals surface area contributed by atoms with Gasteiger partial charge < -0.3 is 9.84 Å². The van der Waals surface area contributed by atoms with Gasteiger partial charge in [-0.05, 0) is 42.3 Å². The van der Waals surface area contributed by atoms with Gasteiger partial charge in [-0.2, -0.15) is 0 Å². The summed E-state index contributed by atoms with van der Waals surface area (Å²) < 4.78 is 5.30. The van der Waals surface area contributed by atoms with Gasteiger partial charge in [0.05, 0.1) is 0 Å². The predicted octanol–water partition coefficient (Wildman–Crippen LogP) is 3.56. The summed E-state index contributed by atoms with van der Waals surface area (Å²) in [4.78, 5) is 11.8. The number of esters is 1. The molecule has 1 N–H and O–H groups in total. The lowest BCUT2D eigenvalue weighted by Gasteiger charge is -2.23. The van der Waals surface area contributed by atoms with Crippen LogP contribution in [-0.2, 0) is 9.53 Å². The Hall–Kier alpha value is -2.13. The van der Waals surface area contributed by atoms with Gasteiger partial charge in [0.15, 0.2) is 0 Å². The van der Waals surface area contributed by atoms with Crippen LogP contribution in [0.4, 0.5) is 0 Å². The zero-order valence-electron chi connectivity index (χ0n) is 12.4. The molecule has 0 amide bonds. The smallest absolute Gasteiger partial charge is 0.331 e. The van der Waals surface area contributed by atoms with Crippen molar-refractivity contribution in [3.05, 3.63) is 54.1 Å². The van der Waals surface area contributed by atoms with Gasteiger partial charge >= 0.3 is 5.97 Å². The first-order valence-electron chi connectivity index (χ1n) is 7.01. The number of carbonyl (C=O) groups is 1. The molecule has 0 aliphatic carbocycles. The first kappa shape index (κ1) is 15.3. The summed E-state index contributed by atoms with van der Waals surface area (Å²) in [5.41, 5.74) is 0.296. The number of hydrogen-bond donors (Lipinski definition) is 1. The Morgan fingerprint density at radius 3 is 2.62 bits per heavy atom. The molecule has 0 saturated carbocycles. The van der Waals surface area contributed by atoms with Gasteiger partial charge in [0, 0.05) is 19.1 Å². The minimum absolute atomic E-state index is 0.00529. The SMILES string of the molecule is CC(C)(CCO)OC(=O)/C=C/c1ccc2ccccc2c1. The van der Waals surface area contributed by atoms with E-state index in [9.17, 15) is 4.79 Å². The van der Waals surface area contributed by atoms with Crippen LogP contribution < -0.4 is 0 Å². The minimum Gasteiger partial charge on any atom is -0.456 e. The molecular weight excluding hydrogens is 264 g/mol. The molecule has 3 nitrogen and oxygen atoms in total. The zero-order chi connectivity index (χ0) is 15.3. The largest absolute Gasteiger partial charge is 0.456 e. The highest BCUT2D eigenvalue weighted by Crippen LogP contribution is 2.17. The Balaban J connectivity index is 2.07. The van der Waals surface area contributed by atoms with Crippen LogP contribution in [0, 0.1) is 0 Å². The lowest BCUT2D eigenvalue weighted by Crippen LogP contribution is -2.28. The molecule has 0 bridgehead atoms. The number of carbonyl (C=O) groups excluding carboxylic acids is 1. The lowest BCUT2D eigenvalue weighted by molar-refractivity contribution is -0.151. The molecule has 0 aliphatic heterocycles. The Morgan fingerprint density at radius 2 is 1.90 bits per heavy atom. The molecule has 0 aliphatic rings. The fourth-order valence-corrected chi connectivity index (χ4v) is 2.10. The standard InChI is InChI=1S/C18H20O3/c1-18(2,11-12-19)21-17(20)10-8-14-7-9-15-5-3-4-6-16(15)13-14/h3-10,13,19H,11-12H2,1-2H3/b10-8+. The molecule has 0 fully saturated rings. The highest BCUT2D eigenvalue weighted by Gasteiger charge is 2.20. The van der Waals surface area contributed by atoms with E-state index in [1.54, 1.807) is 19.9 Å². The number of fused-ring (bicyclic) bond motifs is 1. The van der Waals surface area contributed by atoms with Crippen LogP contribution in [0.15, 0.2) is 48.5 Å². The van der Waals surface area contributed by atoms with Crippen molar-refractivity contribution in [2.75, 3.05) is 6.61 Å². The monoisotopic (exact) mass is 284 g/mol. The Morgan fingerprint density at radius 1 is 1.19 bits per heavy atom. The number of benzene rings is 2.